The molecule has 0 saturated heterocycles. The van der Waals surface area contributed by atoms with Gasteiger partial charge in [0.1, 0.15) is 11.5 Å². The monoisotopic (exact) mass is 527 g/mol. The number of aliphatic hydroxyl groups is 1. The Hall–Kier alpha value is -3.44. The van der Waals surface area contributed by atoms with E-state index in [4.69, 9.17) is 9.47 Å². The first-order chi connectivity index (χ1) is 17.8. The van der Waals surface area contributed by atoms with Gasteiger partial charge >= 0.3 is 0 Å². The molecule has 198 valence electrons. The predicted octanol–water partition coefficient (Wildman–Crippen LogP) is 1.86. The Bertz CT molecular complexity index is 1240. The molecule has 0 aromatic heterocycles. The van der Waals surface area contributed by atoms with Gasteiger partial charge in [0.15, 0.2) is 0 Å². The number of methoxy groups -OCH3 is 2. The second-order valence-electron chi connectivity index (χ2n) is 8.41. The molecular weight excluding hydrogens is 494 g/mol. The maximum atomic E-state index is 12.7. The molecule has 3 aromatic carbocycles. The Morgan fingerprint density at radius 3 is 2.24 bits per heavy atom. The van der Waals surface area contributed by atoms with Gasteiger partial charge in [0.2, 0.25) is 15.9 Å². The zero-order chi connectivity index (χ0) is 26.7. The van der Waals surface area contributed by atoms with Crippen molar-refractivity contribution in [2.45, 2.75) is 30.0 Å². The second-order valence-corrected chi connectivity index (χ2v) is 10.2. The van der Waals surface area contributed by atoms with E-state index in [1.807, 2.05) is 54.6 Å². The molecular formula is C27H33N3O6S. The van der Waals surface area contributed by atoms with E-state index in [2.05, 4.69) is 15.4 Å². The summed E-state index contributed by atoms with van der Waals surface area (Å²) in [6.45, 7) is 0.300. The van der Waals surface area contributed by atoms with Crippen molar-refractivity contribution < 1.29 is 27.8 Å². The molecule has 0 aliphatic rings. The van der Waals surface area contributed by atoms with E-state index < -0.39 is 34.6 Å². The highest BCUT2D eigenvalue weighted by molar-refractivity contribution is 7.89. The molecule has 0 heterocycles. The Morgan fingerprint density at radius 1 is 0.892 bits per heavy atom. The summed E-state index contributed by atoms with van der Waals surface area (Å²) in [5.41, 5.74) is 1.92. The number of rotatable bonds is 14. The Kier molecular flexibility index (Phi) is 10.5. The molecule has 4 N–H and O–H groups in total. The minimum atomic E-state index is -3.91. The summed E-state index contributed by atoms with van der Waals surface area (Å²) in [6, 6.07) is 22.3. The largest absolute Gasteiger partial charge is 0.497 e. The van der Waals surface area contributed by atoms with Crippen LogP contribution in [0.2, 0.25) is 0 Å². The van der Waals surface area contributed by atoms with Gasteiger partial charge in [0.25, 0.3) is 0 Å². The van der Waals surface area contributed by atoms with Crippen LogP contribution < -0.4 is 24.8 Å². The molecule has 0 spiro atoms. The molecule has 9 nitrogen and oxygen atoms in total. The van der Waals surface area contributed by atoms with Crippen LogP contribution in [0.3, 0.4) is 0 Å². The Labute approximate surface area is 217 Å². The van der Waals surface area contributed by atoms with Crippen LogP contribution in [0.1, 0.15) is 11.1 Å². The van der Waals surface area contributed by atoms with Crippen LogP contribution in [0.15, 0.2) is 83.8 Å². The van der Waals surface area contributed by atoms with Crippen LogP contribution >= 0.6 is 0 Å². The third kappa shape index (κ3) is 8.87. The number of benzene rings is 3. The van der Waals surface area contributed by atoms with Crippen molar-refractivity contribution in [3.05, 3.63) is 90.0 Å². The fraction of sp³-hybridized carbons (Fsp3) is 0.296. The number of ether oxygens (including phenoxy) is 2. The number of aliphatic hydroxyl groups excluding tert-OH is 1. The first-order valence-electron chi connectivity index (χ1n) is 11.8. The van der Waals surface area contributed by atoms with Gasteiger partial charge in [-0.1, -0.05) is 42.5 Å². The van der Waals surface area contributed by atoms with Gasteiger partial charge in [-0.2, -0.15) is 0 Å². The smallest absolute Gasteiger partial charge is 0.241 e. The van der Waals surface area contributed by atoms with E-state index in [-0.39, 0.29) is 11.4 Å². The number of hydrogen-bond acceptors (Lipinski definition) is 7. The van der Waals surface area contributed by atoms with Crippen LogP contribution in [0.25, 0.3) is 0 Å². The number of amides is 1. The van der Waals surface area contributed by atoms with E-state index in [1.165, 1.54) is 31.4 Å². The third-order valence-electron chi connectivity index (χ3n) is 5.72. The molecule has 0 fully saturated rings. The first-order valence-corrected chi connectivity index (χ1v) is 13.3. The van der Waals surface area contributed by atoms with Crippen molar-refractivity contribution in [3.8, 4) is 11.5 Å². The lowest BCUT2D eigenvalue weighted by Crippen LogP contribution is -2.51. The quantitative estimate of drug-likeness (QED) is 0.252. The van der Waals surface area contributed by atoms with Crippen molar-refractivity contribution in [1.82, 2.24) is 15.4 Å². The number of hydrogen-bond donors (Lipinski definition) is 4. The van der Waals surface area contributed by atoms with Gasteiger partial charge in [-0.3, -0.25) is 4.79 Å². The van der Waals surface area contributed by atoms with Gasteiger partial charge in [0.05, 0.1) is 37.8 Å². The van der Waals surface area contributed by atoms with Crippen molar-refractivity contribution in [1.29, 1.82) is 0 Å². The van der Waals surface area contributed by atoms with Crippen LogP contribution in [-0.2, 0) is 27.8 Å². The zero-order valence-electron chi connectivity index (χ0n) is 20.9. The third-order valence-corrected chi connectivity index (χ3v) is 7.14. The average Bonchev–Trinajstić information content (AvgIpc) is 2.92. The SMILES string of the molecule is COc1ccc(S(=O)(=O)NCC(=O)N[C@@H](Cc2cccc(OC)c2)[C@H](O)CNCc2ccccc2)cc1. The fourth-order valence-corrected chi connectivity index (χ4v) is 4.68. The van der Waals surface area contributed by atoms with E-state index >= 15 is 0 Å². The van der Waals surface area contributed by atoms with Gasteiger partial charge in [0, 0.05) is 13.1 Å². The van der Waals surface area contributed by atoms with E-state index in [9.17, 15) is 18.3 Å². The lowest BCUT2D eigenvalue weighted by atomic mass is 10.0. The van der Waals surface area contributed by atoms with Crippen molar-refractivity contribution in [2.75, 3.05) is 27.3 Å². The number of nitrogens with one attached hydrogen (secondary N) is 3. The second kappa shape index (κ2) is 13.8. The van der Waals surface area contributed by atoms with Crippen LogP contribution in [0, 0.1) is 0 Å². The zero-order valence-corrected chi connectivity index (χ0v) is 21.7. The Balaban J connectivity index is 1.63. The normalized spacial score (nSPS) is 12.9. The maximum absolute atomic E-state index is 12.7. The maximum Gasteiger partial charge on any atom is 0.241 e. The van der Waals surface area contributed by atoms with Crippen LogP contribution in [0.4, 0.5) is 0 Å². The van der Waals surface area contributed by atoms with Crippen molar-refractivity contribution >= 4 is 15.9 Å². The van der Waals surface area contributed by atoms with Gasteiger partial charge in [-0.15, -0.1) is 0 Å². The van der Waals surface area contributed by atoms with Gasteiger partial charge in [-0.25, -0.2) is 13.1 Å². The Morgan fingerprint density at radius 2 is 1.57 bits per heavy atom. The number of sulfonamides is 1. The molecule has 0 aliphatic carbocycles. The topological polar surface area (TPSA) is 126 Å². The summed E-state index contributed by atoms with van der Waals surface area (Å²) in [5.74, 6) is 0.616. The minimum absolute atomic E-state index is 0.0131. The molecule has 0 bridgehead atoms. The lowest BCUT2D eigenvalue weighted by Gasteiger charge is -2.25. The number of carbonyl (C=O) groups is 1. The highest BCUT2D eigenvalue weighted by Crippen LogP contribution is 2.16. The molecule has 2 atom stereocenters. The first kappa shape index (κ1) is 28.1. The summed E-state index contributed by atoms with van der Waals surface area (Å²) in [4.78, 5) is 12.7. The summed E-state index contributed by atoms with van der Waals surface area (Å²) in [6.07, 6.45) is -0.611. The van der Waals surface area contributed by atoms with Gasteiger partial charge in [-0.05, 0) is 53.9 Å². The summed E-state index contributed by atoms with van der Waals surface area (Å²) >= 11 is 0. The standard InChI is InChI=1S/C27H33N3O6S/c1-35-22-11-13-24(14-12-22)37(33,34)29-19-27(32)30-25(16-21-9-6-10-23(15-21)36-2)26(31)18-28-17-20-7-4-3-5-8-20/h3-15,25-26,28-29,31H,16-19H2,1-2H3,(H,30,32)/t25-,26+/m0/s1. The fourth-order valence-electron chi connectivity index (χ4n) is 3.70. The average molecular weight is 528 g/mol. The predicted molar refractivity (Wildman–Crippen MR) is 141 cm³/mol. The summed E-state index contributed by atoms with van der Waals surface area (Å²) in [5, 5.41) is 16.9. The molecule has 0 aliphatic heterocycles. The minimum Gasteiger partial charge on any atom is -0.497 e. The highest BCUT2D eigenvalue weighted by atomic mass is 32.2. The molecule has 0 unspecified atom stereocenters. The lowest BCUT2D eigenvalue weighted by molar-refractivity contribution is -0.121. The molecule has 10 heteroatoms. The molecule has 1 amide bonds. The number of carbonyl (C=O) groups excluding carboxylic acids is 1. The van der Waals surface area contributed by atoms with E-state index in [0.717, 1.165) is 11.1 Å². The van der Waals surface area contributed by atoms with Gasteiger partial charge < -0.3 is 25.2 Å². The molecule has 3 aromatic rings. The molecule has 37 heavy (non-hydrogen) atoms. The van der Waals surface area contributed by atoms with E-state index in [1.54, 1.807) is 7.11 Å². The van der Waals surface area contributed by atoms with E-state index in [0.29, 0.717) is 24.5 Å². The molecule has 0 saturated carbocycles. The van der Waals surface area contributed by atoms with Crippen molar-refractivity contribution in [3.63, 3.8) is 0 Å². The summed E-state index contributed by atoms with van der Waals surface area (Å²) in [7, 11) is -0.856. The summed E-state index contributed by atoms with van der Waals surface area (Å²) < 4.78 is 37.8. The molecule has 3 rings (SSSR count). The van der Waals surface area contributed by atoms with Crippen LogP contribution in [0.5, 0.6) is 11.5 Å². The van der Waals surface area contributed by atoms with Crippen molar-refractivity contribution in [2.24, 2.45) is 0 Å². The highest BCUT2D eigenvalue weighted by Gasteiger charge is 2.23. The van der Waals surface area contributed by atoms with Crippen LogP contribution in [-0.4, -0.2) is 58.9 Å². The molecule has 0 radical (unpaired) electrons.